The van der Waals surface area contributed by atoms with Crippen molar-refractivity contribution in [1.29, 1.82) is 0 Å². The van der Waals surface area contributed by atoms with E-state index in [1.54, 1.807) is 24.3 Å². The maximum absolute atomic E-state index is 11.9. The molecule has 1 aromatic heterocycles. The summed E-state index contributed by atoms with van der Waals surface area (Å²) in [5.41, 5.74) is 1.53. The van der Waals surface area contributed by atoms with Crippen LogP contribution in [0.25, 0.3) is 0 Å². The number of aromatic nitrogens is 2. The lowest BCUT2D eigenvalue weighted by atomic mass is 10.2. The van der Waals surface area contributed by atoms with Crippen LogP contribution in [0.1, 0.15) is 16.1 Å². The van der Waals surface area contributed by atoms with Crippen molar-refractivity contribution in [1.82, 2.24) is 10.2 Å². The number of ether oxygens (including phenoxy) is 1. The molecule has 1 heterocycles. The highest BCUT2D eigenvalue weighted by atomic mass is 16.5. The van der Waals surface area contributed by atoms with E-state index >= 15 is 0 Å². The Labute approximate surface area is 132 Å². The molecule has 0 fully saturated rings. The van der Waals surface area contributed by atoms with Crippen LogP contribution in [-0.4, -0.2) is 16.1 Å². The van der Waals surface area contributed by atoms with Crippen LogP contribution in [0, 0.1) is 0 Å². The number of hydrogen-bond donors (Lipinski definition) is 3. The molecule has 0 radical (unpaired) electrons. The standard InChI is InChI=1S/C17H15N3O3/c21-16-10-15(19-20-16)17(22)18-13-6-8-14(9-7-13)23-11-12-4-2-1-3-5-12/h1-10H,11H2,(H,18,22)(H2,19,20,21). The van der Waals surface area contributed by atoms with E-state index in [2.05, 4.69) is 15.5 Å². The zero-order valence-corrected chi connectivity index (χ0v) is 12.2. The highest BCUT2D eigenvalue weighted by molar-refractivity contribution is 6.02. The second-order valence-electron chi connectivity index (χ2n) is 4.93. The zero-order chi connectivity index (χ0) is 16.1. The fraction of sp³-hybridized carbons (Fsp3) is 0.0588. The van der Waals surface area contributed by atoms with Gasteiger partial charge in [0.1, 0.15) is 18.1 Å². The molecule has 6 nitrogen and oxygen atoms in total. The molecule has 116 valence electrons. The molecule has 6 heteroatoms. The predicted octanol–water partition coefficient (Wildman–Crippen LogP) is 2.53. The summed E-state index contributed by atoms with van der Waals surface area (Å²) in [7, 11) is 0. The van der Waals surface area contributed by atoms with E-state index in [9.17, 15) is 9.59 Å². The number of anilines is 1. The highest BCUT2D eigenvalue weighted by Crippen LogP contribution is 2.17. The molecule has 0 atom stereocenters. The van der Waals surface area contributed by atoms with Crippen LogP contribution >= 0.6 is 0 Å². The summed E-state index contributed by atoms with van der Waals surface area (Å²) in [6, 6.07) is 18.1. The first-order chi connectivity index (χ1) is 11.2. The van der Waals surface area contributed by atoms with E-state index in [0.717, 1.165) is 5.56 Å². The van der Waals surface area contributed by atoms with Gasteiger partial charge in [-0.3, -0.25) is 19.8 Å². The number of nitrogens with one attached hydrogen (secondary N) is 3. The van der Waals surface area contributed by atoms with Crippen LogP contribution in [-0.2, 0) is 6.61 Å². The number of carbonyl (C=O) groups excluding carboxylic acids is 1. The van der Waals surface area contributed by atoms with Crippen LogP contribution in [0.3, 0.4) is 0 Å². The Bertz CT molecular complexity index is 835. The SMILES string of the molecule is O=C(Nc1ccc(OCc2ccccc2)cc1)c1cc(=O)[nH][nH]1. The number of hydrogen-bond acceptors (Lipinski definition) is 3. The van der Waals surface area contributed by atoms with Gasteiger partial charge in [0, 0.05) is 11.8 Å². The number of carbonyl (C=O) groups is 1. The lowest BCUT2D eigenvalue weighted by Gasteiger charge is -2.08. The van der Waals surface area contributed by atoms with Gasteiger partial charge >= 0.3 is 0 Å². The van der Waals surface area contributed by atoms with Gasteiger partial charge in [-0.05, 0) is 29.8 Å². The molecule has 0 aliphatic rings. The quantitative estimate of drug-likeness (QED) is 0.677. The van der Waals surface area contributed by atoms with E-state index in [0.29, 0.717) is 18.0 Å². The summed E-state index contributed by atoms with van der Waals surface area (Å²) in [5, 5.41) is 7.50. The minimum absolute atomic E-state index is 0.180. The Hall–Kier alpha value is -3.28. The van der Waals surface area contributed by atoms with Gasteiger partial charge in [0.2, 0.25) is 0 Å². The molecule has 2 aromatic carbocycles. The molecule has 0 saturated carbocycles. The predicted molar refractivity (Wildman–Crippen MR) is 86.6 cm³/mol. The topological polar surface area (TPSA) is 87.0 Å². The van der Waals surface area contributed by atoms with Gasteiger partial charge in [0.05, 0.1) is 0 Å². The van der Waals surface area contributed by atoms with Crippen LogP contribution in [0.15, 0.2) is 65.5 Å². The monoisotopic (exact) mass is 309 g/mol. The van der Waals surface area contributed by atoms with Crippen LogP contribution in [0.2, 0.25) is 0 Å². The number of H-pyrrole nitrogens is 2. The number of aromatic amines is 2. The summed E-state index contributed by atoms with van der Waals surface area (Å²) < 4.78 is 5.67. The smallest absolute Gasteiger partial charge is 0.273 e. The summed E-state index contributed by atoms with van der Waals surface area (Å²) in [5.74, 6) is 0.322. The van der Waals surface area contributed by atoms with Crippen molar-refractivity contribution >= 4 is 11.6 Å². The normalized spacial score (nSPS) is 10.3. The van der Waals surface area contributed by atoms with Crippen molar-refractivity contribution < 1.29 is 9.53 Å². The zero-order valence-electron chi connectivity index (χ0n) is 12.2. The maximum atomic E-state index is 11.9. The second-order valence-corrected chi connectivity index (χ2v) is 4.93. The van der Waals surface area contributed by atoms with Crippen LogP contribution < -0.4 is 15.6 Å². The minimum atomic E-state index is -0.388. The van der Waals surface area contributed by atoms with Crippen molar-refractivity contribution in [3.63, 3.8) is 0 Å². The van der Waals surface area contributed by atoms with E-state index in [-0.39, 0.29) is 17.2 Å². The van der Waals surface area contributed by atoms with Crippen LogP contribution in [0.4, 0.5) is 5.69 Å². The van der Waals surface area contributed by atoms with E-state index in [4.69, 9.17) is 4.74 Å². The fourth-order valence-corrected chi connectivity index (χ4v) is 2.03. The Kier molecular flexibility index (Phi) is 4.24. The van der Waals surface area contributed by atoms with Gasteiger partial charge < -0.3 is 10.1 Å². The third-order valence-corrected chi connectivity index (χ3v) is 3.20. The third kappa shape index (κ3) is 3.88. The van der Waals surface area contributed by atoms with Crippen molar-refractivity contribution in [2.45, 2.75) is 6.61 Å². The van der Waals surface area contributed by atoms with Gasteiger partial charge in [-0.1, -0.05) is 30.3 Å². The molecule has 0 unspecified atom stereocenters. The van der Waals surface area contributed by atoms with Crippen molar-refractivity contribution in [3.05, 3.63) is 82.3 Å². The Morgan fingerprint density at radius 1 is 1.00 bits per heavy atom. The average Bonchev–Trinajstić information content (AvgIpc) is 3.02. The largest absolute Gasteiger partial charge is 0.489 e. The van der Waals surface area contributed by atoms with E-state index in [1.807, 2.05) is 30.3 Å². The lowest BCUT2D eigenvalue weighted by molar-refractivity contribution is 0.102. The van der Waals surface area contributed by atoms with Crippen molar-refractivity contribution in [2.75, 3.05) is 5.32 Å². The molecule has 0 aliphatic carbocycles. The molecule has 0 bridgehead atoms. The number of rotatable bonds is 5. The lowest BCUT2D eigenvalue weighted by Crippen LogP contribution is -2.12. The number of amides is 1. The molecular formula is C17H15N3O3. The number of benzene rings is 2. The molecular weight excluding hydrogens is 294 g/mol. The van der Waals surface area contributed by atoms with Crippen molar-refractivity contribution in [3.8, 4) is 5.75 Å². The van der Waals surface area contributed by atoms with E-state index < -0.39 is 0 Å². The average molecular weight is 309 g/mol. The summed E-state index contributed by atoms with van der Waals surface area (Å²) >= 11 is 0. The van der Waals surface area contributed by atoms with Gasteiger partial charge in [0.15, 0.2) is 0 Å². The summed E-state index contributed by atoms with van der Waals surface area (Å²) in [6.45, 7) is 0.483. The molecule has 0 aliphatic heterocycles. The first kappa shape index (κ1) is 14.6. The molecule has 3 rings (SSSR count). The summed E-state index contributed by atoms with van der Waals surface area (Å²) in [4.78, 5) is 22.9. The van der Waals surface area contributed by atoms with Gasteiger partial charge in [-0.25, -0.2) is 0 Å². The minimum Gasteiger partial charge on any atom is -0.489 e. The first-order valence-electron chi connectivity index (χ1n) is 7.06. The van der Waals surface area contributed by atoms with Gasteiger partial charge in [-0.2, -0.15) is 0 Å². The van der Waals surface area contributed by atoms with Gasteiger partial charge in [-0.15, -0.1) is 0 Å². The second kappa shape index (κ2) is 6.65. The Morgan fingerprint density at radius 2 is 1.74 bits per heavy atom. The highest BCUT2D eigenvalue weighted by Gasteiger charge is 2.08. The fourth-order valence-electron chi connectivity index (χ4n) is 2.03. The molecule has 3 N–H and O–H groups in total. The Morgan fingerprint density at radius 3 is 2.39 bits per heavy atom. The van der Waals surface area contributed by atoms with Crippen LogP contribution in [0.5, 0.6) is 5.75 Å². The molecule has 3 aromatic rings. The van der Waals surface area contributed by atoms with E-state index in [1.165, 1.54) is 6.07 Å². The maximum Gasteiger partial charge on any atom is 0.273 e. The van der Waals surface area contributed by atoms with Crippen molar-refractivity contribution in [2.24, 2.45) is 0 Å². The molecule has 0 saturated heterocycles. The first-order valence-corrected chi connectivity index (χ1v) is 7.06. The van der Waals surface area contributed by atoms with Gasteiger partial charge in [0.25, 0.3) is 11.5 Å². The molecule has 1 amide bonds. The third-order valence-electron chi connectivity index (χ3n) is 3.20. The molecule has 23 heavy (non-hydrogen) atoms. The molecule has 0 spiro atoms. The Balaban J connectivity index is 1.58. The summed E-state index contributed by atoms with van der Waals surface area (Å²) in [6.07, 6.45) is 0.